The lowest BCUT2D eigenvalue weighted by atomic mass is 10.0. The average Bonchev–Trinajstić information content (AvgIpc) is 2.74. The fourth-order valence-electron chi connectivity index (χ4n) is 2.75. The normalized spacial score (nSPS) is 23.5. The highest BCUT2D eigenvalue weighted by molar-refractivity contribution is 4.82. The Kier molecular flexibility index (Phi) is 6.65. The molecule has 1 heterocycles. The third-order valence-electron chi connectivity index (χ3n) is 4.09. The van der Waals surface area contributed by atoms with Crippen molar-refractivity contribution in [3.05, 3.63) is 0 Å². The van der Waals surface area contributed by atoms with Crippen LogP contribution in [0.5, 0.6) is 0 Å². The van der Waals surface area contributed by atoms with Gasteiger partial charge in [0.1, 0.15) is 0 Å². The Balaban J connectivity index is 2.19. The van der Waals surface area contributed by atoms with Crippen molar-refractivity contribution < 1.29 is 0 Å². The highest BCUT2D eigenvalue weighted by Gasteiger charge is 2.26. The fraction of sp³-hybridized carbons (Fsp3) is 1.00. The highest BCUT2D eigenvalue weighted by Crippen LogP contribution is 2.21. The molecule has 0 aromatic rings. The van der Waals surface area contributed by atoms with E-state index in [0.29, 0.717) is 0 Å². The van der Waals surface area contributed by atoms with E-state index in [1.165, 1.54) is 51.7 Å². The van der Waals surface area contributed by atoms with Gasteiger partial charge < -0.3 is 10.2 Å². The van der Waals surface area contributed by atoms with Gasteiger partial charge in [0.25, 0.3) is 0 Å². The van der Waals surface area contributed by atoms with Gasteiger partial charge in [0.2, 0.25) is 0 Å². The van der Waals surface area contributed by atoms with Gasteiger partial charge in [-0.25, -0.2) is 0 Å². The van der Waals surface area contributed by atoms with Gasteiger partial charge in [-0.2, -0.15) is 0 Å². The largest absolute Gasteiger partial charge is 0.312 e. The molecule has 0 saturated carbocycles. The molecule has 1 aliphatic heterocycles. The summed E-state index contributed by atoms with van der Waals surface area (Å²) in [6.45, 7) is 15.3. The first-order valence-electron chi connectivity index (χ1n) is 7.91. The maximum atomic E-state index is 3.65. The summed E-state index contributed by atoms with van der Waals surface area (Å²) in [4.78, 5) is 2.70. The van der Waals surface area contributed by atoms with Crippen molar-refractivity contribution in [1.82, 2.24) is 10.2 Å². The summed E-state index contributed by atoms with van der Waals surface area (Å²) in [5.74, 6) is 0.859. The summed E-state index contributed by atoms with van der Waals surface area (Å²) >= 11 is 0. The predicted molar refractivity (Wildman–Crippen MR) is 81.0 cm³/mol. The number of nitrogens with zero attached hydrogens (tertiary/aromatic N) is 1. The Hall–Kier alpha value is -0.0800. The van der Waals surface area contributed by atoms with E-state index in [9.17, 15) is 0 Å². The quantitative estimate of drug-likeness (QED) is 0.697. The Bertz CT molecular complexity index is 220. The second kappa shape index (κ2) is 7.49. The summed E-state index contributed by atoms with van der Waals surface area (Å²) in [7, 11) is 0. The number of rotatable bonds is 7. The highest BCUT2D eigenvalue weighted by atomic mass is 15.2. The molecule has 0 amide bonds. The summed E-state index contributed by atoms with van der Waals surface area (Å²) in [6, 6.07) is 0.788. The van der Waals surface area contributed by atoms with Gasteiger partial charge in [-0.1, -0.05) is 26.2 Å². The van der Waals surface area contributed by atoms with Crippen LogP contribution in [0.15, 0.2) is 0 Å². The van der Waals surface area contributed by atoms with Crippen LogP contribution in [-0.4, -0.2) is 36.1 Å². The minimum Gasteiger partial charge on any atom is -0.312 e. The van der Waals surface area contributed by atoms with Crippen molar-refractivity contribution in [2.24, 2.45) is 5.92 Å². The topological polar surface area (TPSA) is 15.3 Å². The lowest BCUT2D eigenvalue weighted by Gasteiger charge is -2.26. The number of nitrogens with one attached hydrogen (secondary N) is 1. The van der Waals surface area contributed by atoms with Crippen molar-refractivity contribution >= 4 is 0 Å². The molecule has 1 saturated heterocycles. The Morgan fingerprint density at radius 1 is 1.28 bits per heavy atom. The minimum atomic E-state index is 0.264. The van der Waals surface area contributed by atoms with Crippen molar-refractivity contribution in [1.29, 1.82) is 0 Å². The number of likely N-dealkylation sites (tertiary alicyclic amines) is 1. The van der Waals surface area contributed by atoms with Crippen molar-refractivity contribution in [2.75, 3.05) is 19.6 Å². The predicted octanol–water partition coefficient (Wildman–Crippen LogP) is 3.67. The van der Waals surface area contributed by atoms with E-state index in [4.69, 9.17) is 0 Å². The molecule has 1 fully saturated rings. The van der Waals surface area contributed by atoms with Gasteiger partial charge in [-0.15, -0.1) is 0 Å². The maximum Gasteiger partial charge on any atom is 0.00966 e. The molecule has 2 nitrogen and oxygen atoms in total. The van der Waals surface area contributed by atoms with Crippen molar-refractivity contribution in [3.8, 4) is 0 Å². The Labute approximate surface area is 115 Å². The molecule has 1 N–H and O–H groups in total. The van der Waals surface area contributed by atoms with E-state index in [2.05, 4.69) is 44.8 Å². The van der Waals surface area contributed by atoms with Crippen LogP contribution in [0.4, 0.5) is 0 Å². The van der Waals surface area contributed by atoms with E-state index in [1.54, 1.807) is 0 Å². The van der Waals surface area contributed by atoms with E-state index in [-0.39, 0.29) is 5.54 Å². The summed E-state index contributed by atoms with van der Waals surface area (Å²) in [5, 5.41) is 3.65. The Morgan fingerprint density at radius 3 is 2.61 bits per heavy atom. The van der Waals surface area contributed by atoms with Crippen LogP contribution >= 0.6 is 0 Å². The number of hydrogen-bond acceptors (Lipinski definition) is 2. The zero-order valence-electron chi connectivity index (χ0n) is 13.3. The smallest absolute Gasteiger partial charge is 0.00966 e. The minimum absolute atomic E-state index is 0.264. The molecule has 108 valence electrons. The molecule has 2 heteroatoms. The second-order valence-electron chi connectivity index (χ2n) is 7.13. The molecule has 2 unspecified atom stereocenters. The van der Waals surface area contributed by atoms with Crippen molar-refractivity contribution in [2.45, 2.75) is 78.3 Å². The molecule has 0 aromatic heterocycles. The van der Waals surface area contributed by atoms with Crippen LogP contribution in [0.25, 0.3) is 0 Å². The monoisotopic (exact) mass is 254 g/mol. The first-order valence-corrected chi connectivity index (χ1v) is 7.91. The van der Waals surface area contributed by atoms with Gasteiger partial charge in [-0.3, -0.25) is 0 Å². The molecular formula is C16H34N2. The van der Waals surface area contributed by atoms with Gasteiger partial charge in [0.15, 0.2) is 0 Å². The number of hydrogen-bond donors (Lipinski definition) is 1. The molecular weight excluding hydrogens is 220 g/mol. The lowest BCUT2D eigenvalue weighted by molar-refractivity contribution is 0.230. The molecule has 0 aliphatic carbocycles. The van der Waals surface area contributed by atoms with E-state index in [1.807, 2.05) is 0 Å². The Morgan fingerprint density at radius 2 is 2.00 bits per heavy atom. The van der Waals surface area contributed by atoms with Crippen molar-refractivity contribution in [3.63, 3.8) is 0 Å². The standard InChI is InChI=1S/C16H34N2/c1-6-7-8-9-14(2)18-11-10-15(13-18)12-17-16(3,4)5/h14-15,17H,6-13H2,1-5H3. The van der Waals surface area contributed by atoms with Crippen LogP contribution in [-0.2, 0) is 0 Å². The summed E-state index contributed by atoms with van der Waals surface area (Å²) in [6.07, 6.45) is 6.89. The van der Waals surface area contributed by atoms with Gasteiger partial charge in [0.05, 0.1) is 0 Å². The molecule has 0 bridgehead atoms. The van der Waals surface area contributed by atoms with Crippen LogP contribution in [0.1, 0.15) is 66.7 Å². The third-order valence-corrected chi connectivity index (χ3v) is 4.09. The molecule has 18 heavy (non-hydrogen) atoms. The first kappa shape index (κ1) is 16.0. The summed E-state index contributed by atoms with van der Waals surface area (Å²) in [5.41, 5.74) is 0.264. The second-order valence-corrected chi connectivity index (χ2v) is 7.13. The van der Waals surface area contributed by atoms with Crippen LogP contribution < -0.4 is 5.32 Å². The van der Waals surface area contributed by atoms with Gasteiger partial charge in [-0.05, 0) is 59.5 Å². The lowest BCUT2D eigenvalue weighted by Crippen LogP contribution is -2.40. The molecule has 1 rings (SSSR count). The SMILES string of the molecule is CCCCCC(C)N1CCC(CNC(C)(C)C)C1. The molecule has 2 atom stereocenters. The molecule has 0 radical (unpaired) electrons. The molecule has 1 aliphatic rings. The first-order chi connectivity index (χ1) is 8.42. The van der Waals surface area contributed by atoms with E-state index in [0.717, 1.165) is 12.0 Å². The van der Waals surface area contributed by atoms with Gasteiger partial charge in [0, 0.05) is 18.1 Å². The van der Waals surface area contributed by atoms with Gasteiger partial charge >= 0.3 is 0 Å². The average molecular weight is 254 g/mol. The van der Waals surface area contributed by atoms with E-state index >= 15 is 0 Å². The zero-order chi connectivity index (χ0) is 13.6. The zero-order valence-corrected chi connectivity index (χ0v) is 13.3. The summed E-state index contributed by atoms with van der Waals surface area (Å²) < 4.78 is 0. The van der Waals surface area contributed by atoms with Crippen LogP contribution in [0.2, 0.25) is 0 Å². The third kappa shape index (κ3) is 6.19. The fourth-order valence-corrected chi connectivity index (χ4v) is 2.75. The van der Waals surface area contributed by atoms with Crippen LogP contribution in [0.3, 0.4) is 0 Å². The maximum absolute atomic E-state index is 3.65. The molecule has 0 spiro atoms. The van der Waals surface area contributed by atoms with Crippen LogP contribution in [0, 0.1) is 5.92 Å². The number of unbranched alkanes of at least 4 members (excludes halogenated alkanes) is 2. The van der Waals surface area contributed by atoms with E-state index < -0.39 is 0 Å². The molecule has 0 aromatic carbocycles.